The summed E-state index contributed by atoms with van der Waals surface area (Å²) < 4.78 is 4.87. The quantitative estimate of drug-likeness (QED) is 0.574. The zero-order valence-electron chi connectivity index (χ0n) is 9.69. The average molecular weight is 212 g/mol. The predicted octanol–water partition coefficient (Wildman–Crippen LogP) is 1.90. The lowest BCUT2D eigenvalue weighted by Crippen LogP contribution is -2.44. The van der Waals surface area contributed by atoms with Gasteiger partial charge in [-0.3, -0.25) is 0 Å². The van der Waals surface area contributed by atoms with Gasteiger partial charge in [0.2, 0.25) is 0 Å². The first-order valence-corrected chi connectivity index (χ1v) is 5.54. The Morgan fingerprint density at radius 1 is 1.67 bits per heavy atom. The molecule has 1 aliphatic rings. The number of aliphatic hydroxyl groups is 1. The molecule has 0 amide bonds. The average Bonchev–Trinajstić information content (AvgIpc) is 2.18. The fourth-order valence-electron chi connectivity index (χ4n) is 1.93. The highest BCUT2D eigenvalue weighted by Crippen LogP contribution is 2.31. The van der Waals surface area contributed by atoms with Crippen LogP contribution in [0.25, 0.3) is 0 Å². The van der Waals surface area contributed by atoms with Gasteiger partial charge < -0.3 is 9.84 Å². The van der Waals surface area contributed by atoms with Crippen molar-refractivity contribution >= 4 is 5.97 Å². The lowest BCUT2D eigenvalue weighted by molar-refractivity contribution is -0.167. The maximum atomic E-state index is 11.6. The largest absolute Gasteiger partial charge is 0.464 e. The van der Waals surface area contributed by atoms with Crippen molar-refractivity contribution in [3.63, 3.8) is 0 Å². The van der Waals surface area contributed by atoms with Gasteiger partial charge in [0, 0.05) is 5.92 Å². The van der Waals surface area contributed by atoms with E-state index in [4.69, 9.17) is 4.74 Å². The molecular formula is C12H20O3. The summed E-state index contributed by atoms with van der Waals surface area (Å²) in [4.78, 5) is 11.6. The minimum absolute atomic E-state index is 0.125. The van der Waals surface area contributed by atoms with E-state index >= 15 is 0 Å². The molecule has 1 aliphatic carbocycles. The van der Waals surface area contributed by atoms with Crippen LogP contribution in [0.2, 0.25) is 0 Å². The fourth-order valence-corrected chi connectivity index (χ4v) is 1.93. The fraction of sp³-hybridized carbons (Fsp3) is 0.750. The molecule has 0 saturated heterocycles. The second kappa shape index (κ2) is 4.79. The lowest BCUT2D eigenvalue weighted by Gasteiger charge is -2.32. The highest BCUT2D eigenvalue weighted by Gasteiger charge is 2.40. The summed E-state index contributed by atoms with van der Waals surface area (Å²) in [5.74, 6) is -0.130. The maximum absolute atomic E-state index is 11.6. The van der Waals surface area contributed by atoms with Crippen LogP contribution in [0.15, 0.2) is 12.2 Å². The molecule has 0 aromatic heterocycles. The van der Waals surface area contributed by atoms with Gasteiger partial charge in [-0.25, -0.2) is 4.79 Å². The molecule has 3 nitrogen and oxygen atoms in total. The number of esters is 1. The molecule has 0 aromatic rings. The first-order chi connectivity index (χ1) is 6.98. The van der Waals surface area contributed by atoms with Crippen LogP contribution >= 0.6 is 0 Å². The molecule has 0 unspecified atom stereocenters. The van der Waals surface area contributed by atoms with Gasteiger partial charge in [-0.2, -0.15) is 0 Å². The standard InChI is InChI=1S/C12H20O3/c1-4-15-11(13)12(3,14)10-7-5-6-9(2)8-10/h5,7,9-10,14H,4,6,8H2,1-3H3/t9-,10+,12-/m0/s1. The van der Waals surface area contributed by atoms with E-state index in [1.165, 1.54) is 6.92 Å². The Bertz CT molecular complexity index is 256. The zero-order valence-corrected chi connectivity index (χ0v) is 9.69. The monoisotopic (exact) mass is 212 g/mol. The Morgan fingerprint density at radius 3 is 2.87 bits per heavy atom. The van der Waals surface area contributed by atoms with Crippen LogP contribution < -0.4 is 0 Å². The van der Waals surface area contributed by atoms with Crippen molar-refractivity contribution < 1.29 is 14.6 Å². The Hall–Kier alpha value is -0.830. The molecule has 0 aliphatic heterocycles. The van der Waals surface area contributed by atoms with Crippen molar-refractivity contribution in [1.82, 2.24) is 0 Å². The normalized spacial score (nSPS) is 29.6. The number of allylic oxidation sites excluding steroid dienone is 1. The van der Waals surface area contributed by atoms with Crippen molar-refractivity contribution in [2.24, 2.45) is 11.8 Å². The van der Waals surface area contributed by atoms with Crippen molar-refractivity contribution in [2.45, 2.75) is 39.2 Å². The van der Waals surface area contributed by atoms with Gasteiger partial charge >= 0.3 is 5.97 Å². The van der Waals surface area contributed by atoms with Gasteiger partial charge in [0.15, 0.2) is 5.60 Å². The van der Waals surface area contributed by atoms with Crippen LogP contribution in [0.5, 0.6) is 0 Å². The maximum Gasteiger partial charge on any atom is 0.338 e. The third-order valence-electron chi connectivity index (χ3n) is 2.97. The summed E-state index contributed by atoms with van der Waals surface area (Å²) in [5, 5.41) is 10.1. The smallest absolute Gasteiger partial charge is 0.338 e. The van der Waals surface area contributed by atoms with Gasteiger partial charge in [-0.15, -0.1) is 0 Å². The van der Waals surface area contributed by atoms with E-state index in [2.05, 4.69) is 6.92 Å². The molecule has 0 fully saturated rings. The van der Waals surface area contributed by atoms with Gasteiger partial charge in [-0.1, -0.05) is 19.1 Å². The SMILES string of the molecule is CCOC(=O)[C@@](C)(O)[C@@H]1C=CC[C@H](C)C1. The van der Waals surface area contributed by atoms with E-state index in [0.717, 1.165) is 12.8 Å². The second-order valence-corrected chi connectivity index (χ2v) is 4.48. The van der Waals surface area contributed by atoms with E-state index in [1.807, 2.05) is 12.2 Å². The topological polar surface area (TPSA) is 46.5 Å². The van der Waals surface area contributed by atoms with Crippen LogP contribution in [-0.4, -0.2) is 23.3 Å². The molecule has 0 aromatic carbocycles. The molecule has 0 bridgehead atoms. The van der Waals surface area contributed by atoms with E-state index in [1.54, 1.807) is 6.92 Å². The minimum atomic E-state index is -1.39. The molecule has 1 N–H and O–H groups in total. The number of rotatable bonds is 3. The lowest BCUT2D eigenvalue weighted by atomic mass is 9.78. The third-order valence-corrected chi connectivity index (χ3v) is 2.97. The number of hydrogen-bond donors (Lipinski definition) is 1. The Morgan fingerprint density at radius 2 is 2.33 bits per heavy atom. The predicted molar refractivity (Wildman–Crippen MR) is 58.3 cm³/mol. The Balaban J connectivity index is 2.71. The minimum Gasteiger partial charge on any atom is -0.464 e. The molecule has 3 heteroatoms. The molecule has 15 heavy (non-hydrogen) atoms. The molecule has 0 heterocycles. The van der Waals surface area contributed by atoms with Gasteiger partial charge in [0.1, 0.15) is 0 Å². The number of carbonyl (C=O) groups excluding carboxylic acids is 1. The number of carbonyl (C=O) groups is 1. The van der Waals surface area contributed by atoms with Crippen LogP contribution in [0.3, 0.4) is 0 Å². The molecule has 0 saturated carbocycles. The van der Waals surface area contributed by atoms with E-state index in [0.29, 0.717) is 12.5 Å². The van der Waals surface area contributed by atoms with Crippen LogP contribution in [0, 0.1) is 11.8 Å². The summed E-state index contributed by atoms with van der Waals surface area (Å²) in [6.07, 6.45) is 5.82. The Kier molecular flexibility index (Phi) is 3.91. The summed E-state index contributed by atoms with van der Waals surface area (Å²) in [7, 11) is 0. The van der Waals surface area contributed by atoms with Crippen LogP contribution in [0.4, 0.5) is 0 Å². The highest BCUT2D eigenvalue weighted by atomic mass is 16.5. The second-order valence-electron chi connectivity index (χ2n) is 4.48. The summed E-state index contributed by atoms with van der Waals surface area (Å²) >= 11 is 0. The molecule has 3 atom stereocenters. The summed E-state index contributed by atoms with van der Waals surface area (Å²) in [6, 6.07) is 0. The van der Waals surface area contributed by atoms with E-state index in [-0.39, 0.29) is 5.92 Å². The number of ether oxygens (including phenoxy) is 1. The van der Waals surface area contributed by atoms with E-state index < -0.39 is 11.6 Å². The van der Waals surface area contributed by atoms with Crippen molar-refractivity contribution in [3.05, 3.63) is 12.2 Å². The molecular weight excluding hydrogens is 192 g/mol. The molecule has 0 spiro atoms. The summed E-state index contributed by atoms with van der Waals surface area (Å²) in [5.41, 5.74) is -1.39. The molecule has 0 radical (unpaired) electrons. The van der Waals surface area contributed by atoms with Gasteiger partial charge in [-0.05, 0) is 32.6 Å². The molecule has 1 rings (SSSR count). The third kappa shape index (κ3) is 2.81. The van der Waals surface area contributed by atoms with Crippen molar-refractivity contribution in [1.29, 1.82) is 0 Å². The first kappa shape index (κ1) is 12.2. The first-order valence-electron chi connectivity index (χ1n) is 5.54. The Labute approximate surface area is 91.1 Å². The van der Waals surface area contributed by atoms with Crippen molar-refractivity contribution in [2.75, 3.05) is 6.61 Å². The van der Waals surface area contributed by atoms with Gasteiger partial charge in [0.25, 0.3) is 0 Å². The van der Waals surface area contributed by atoms with Crippen LogP contribution in [0.1, 0.15) is 33.6 Å². The molecule has 86 valence electrons. The van der Waals surface area contributed by atoms with Gasteiger partial charge in [0.05, 0.1) is 6.61 Å². The highest BCUT2D eigenvalue weighted by molar-refractivity contribution is 5.79. The van der Waals surface area contributed by atoms with E-state index in [9.17, 15) is 9.90 Å². The van der Waals surface area contributed by atoms with Crippen LogP contribution in [-0.2, 0) is 9.53 Å². The zero-order chi connectivity index (χ0) is 11.5. The van der Waals surface area contributed by atoms with Crippen molar-refractivity contribution in [3.8, 4) is 0 Å². The number of hydrogen-bond acceptors (Lipinski definition) is 3. The summed E-state index contributed by atoms with van der Waals surface area (Å²) in [6.45, 7) is 5.71.